The highest BCUT2D eigenvalue weighted by Gasteiger charge is 2.13. The Bertz CT molecular complexity index is 610. The minimum Gasteiger partial charge on any atom is -0.495 e. The first-order chi connectivity index (χ1) is 10.1. The van der Waals surface area contributed by atoms with E-state index in [0.29, 0.717) is 10.8 Å². The van der Waals surface area contributed by atoms with E-state index in [1.165, 1.54) is 0 Å². The Morgan fingerprint density at radius 2 is 2.05 bits per heavy atom. The van der Waals surface area contributed by atoms with Gasteiger partial charge >= 0.3 is 0 Å². The van der Waals surface area contributed by atoms with Crippen LogP contribution in [0, 0.1) is 0 Å². The SMILES string of the molecule is COc1cc(C(CSc2cccc(Cl)c2)NN)ccc1Cl. The second-order valence-electron chi connectivity index (χ2n) is 4.38. The Balaban J connectivity index is 2.09. The number of benzene rings is 2. The second-order valence-corrected chi connectivity index (χ2v) is 6.32. The lowest BCUT2D eigenvalue weighted by molar-refractivity contribution is 0.413. The maximum atomic E-state index is 6.04. The lowest BCUT2D eigenvalue weighted by Gasteiger charge is -2.17. The van der Waals surface area contributed by atoms with E-state index in [0.717, 1.165) is 21.2 Å². The average molecular weight is 343 g/mol. The maximum absolute atomic E-state index is 6.04. The molecule has 21 heavy (non-hydrogen) atoms. The minimum absolute atomic E-state index is 0.0138. The van der Waals surface area contributed by atoms with Gasteiger partial charge in [-0.25, -0.2) is 0 Å². The van der Waals surface area contributed by atoms with Crippen molar-refractivity contribution in [1.29, 1.82) is 0 Å². The van der Waals surface area contributed by atoms with Gasteiger partial charge in [0.1, 0.15) is 5.75 Å². The molecule has 1 atom stereocenters. The van der Waals surface area contributed by atoms with Gasteiger partial charge in [-0.1, -0.05) is 35.3 Å². The quantitative estimate of drug-likeness (QED) is 0.466. The molecule has 0 aliphatic heterocycles. The minimum atomic E-state index is -0.0138. The number of ether oxygens (including phenoxy) is 1. The lowest BCUT2D eigenvalue weighted by Crippen LogP contribution is -2.29. The highest BCUT2D eigenvalue weighted by Crippen LogP contribution is 2.30. The molecular formula is C15H16Cl2N2OS. The molecule has 2 aromatic rings. The van der Waals surface area contributed by atoms with Crippen molar-refractivity contribution in [2.24, 2.45) is 5.84 Å². The van der Waals surface area contributed by atoms with Crippen LogP contribution in [0.25, 0.3) is 0 Å². The number of hydrogen-bond donors (Lipinski definition) is 2. The molecule has 6 heteroatoms. The summed E-state index contributed by atoms with van der Waals surface area (Å²) >= 11 is 13.7. The number of methoxy groups -OCH3 is 1. The van der Waals surface area contributed by atoms with Crippen molar-refractivity contribution >= 4 is 35.0 Å². The first-order valence-electron chi connectivity index (χ1n) is 6.32. The van der Waals surface area contributed by atoms with Crippen molar-refractivity contribution in [3.05, 3.63) is 58.1 Å². The van der Waals surface area contributed by atoms with Crippen LogP contribution in [-0.2, 0) is 0 Å². The molecule has 0 radical (unpaired) electrons. The smallest absolute Gasteiger partial charge is 0.137 e. The van der Waals surface area contributed by atoms with E-state index >= 15 is 0 Å². The van der Waals surface area contributed by atoms with Crippen LogP contribution in [0.2, 0.25) is 10.0 Å². The van der Waals surface area contributed by atoms with Crippen molar-refractivity contribution in [3.63, 3.8) is 0 Å². The molecule has 0 saturated carbocycles. The number of nitrogens with one attached hydrogen (secondary N) is 1. The Morgan fingerprint density at radius 1 is 1.24 bits per heavy atom. The van der Waals surface area contributed by atoms with Gasteiger partial charge in [0.05, 0.1) is 18.2 Å². The molecule has 0 amide bonds. The summed E-state index contributed by atoms with van der Waals surface area (Å²) in [4.78, 5) is 1.10. The summed E-state index contributed by atoms with van der Waals surface area (Å²) in [6, 6.07) is 13.4. The first-order valence-corrected chi connectivity index (χ1v) is 8.06. The van der Waals surface area contributed by atoms with Crippen LogP contribution in [0.1, 0.15) is 11.6 Å². The van der Waals surface area contributed by atoms with Gasteiger partial charge in [0.25, 0.3) is 0 Å². The van der Waals surface area contributed by atoms with Crippen molar-refractivity contribution in [3.8, 4) is 5.75 Å². The molecule has 0 aromatic heterocycles. The van der Waals surface area contributed by atoms with E-state index in [1.54, 1.807) is 18.9 Å². The molecular weight excluding hydrogens is 327 g/mol. The maximum Gasteiger partial charge on any atom is 0.137 e. The van der Waals surface area contributed by atoms with E-state index in [-0.39, 0.29) is 6.04 Å². The van der Waals surface area contributed by atoms with Crippen molar-refractivity contribution in [2.45, 2.75) is 10.9 Å². The first kappa shape index (κ1) is 16.5. The summed E-state index contributed by atoms with van der Waals surface area (Å²) in [5.41, 5.74) is 3.84. The molecule has 0 bridgehead atoms. The standard InChI is InChI=1S/C15H16Cl2N2OS/c1-20-15-7-10(5-6-13(15)17)14(19-18)9-21-12-4-2-3-11(16)8-12/h2-8,14,19H,9,18H2,1H3. The van der Waals surface area contributed by atoms with Crippen LogP contribution >= 0.6 is 35.0 Å². The predicted octanol–water partition coefficient (Wildman–Crippen LogP) is 4.30. The zero-order valence-corrected chi connectivity index (χ0v) is 13.8. The number of halogens is 2. The molecule has 0 aliphatic carbocycles. The summed E-state index contributed by atoms with van der Waals surface area (Å²) < 4.78 is 5.23. The Labute approximate surface area is 138 Å². The average Bonchev–Trinajstić information content (AvgIpc) is 2.49. The molecule has 1 unspecified atom stereocenters. The predicted molar refractivity (Wildman–Crippen MR) is 90.2 cm³/mol. The van der Waals surface area contributed by atoms with Gasteiger partial charge < -0.3 is 4.74 Å². The number of hydrazine groups is 1. The fourth-order valence-electron chi connectivity index (χ4n) is 1.87. The Kier molecular flexibility index (Phi) is 6.21. The number of rotatable bonds is 6. The van der Waals surface area contributed by atoms with E-state index in [2.05, 4.69) is 5.43 Å². The lowest BCUT2D eigenvalue weighted by atomic mass is 10.1. The van der Waals surface area contributed by atoms with Crippen LogP contribution in [0.5, 0.6) is 5.75 Å². The van der Waals surface area contributed by atoms with Crippen LogP contribution in [0.3, 0.4) is 0 Å². The molecule has 0 spiro atoms. The summed E-state index contributed by atoms with van der Waals surface area (Å²) in [6.07, 6.45) is 0. The van der Waals surface area contributed by atoms with Crippen LogP contribution < -0.4 is 16.0 Å². The van der Waals surface area contributed by atoms with Crippen molar-refractivity contribution < 1.29 is 4.74 Å². The van der Waals surface area contributed by atoms with Gasteiger partial charge in [-0.3, -0.25) is 11.3 Å². The molecule has 2 aromatic carbocycles. The normalized spacial score (nSPS) is 12.2. The third kappa shape index (κ3) is 4.53. The molecule has 2 rings (SSSR count). The number of nitrogens with two attached hydrogens (primary N) is 1. The zero-order chi connectivity index (χ0) is 15.2. The number of hydrogen-bond acceptors (Lipinski definition) is 4. The summed E-state index contributed by atoms with van der Waals surface area (Å²) in [6.45, 7) is 0. The highest BCUT2D eigenvalue weighted by molar-refractivity contribution is 7.99. The van der Waals surface area contributed by atoms with Gasteiger partial charge in [0, 0.05) is 15.7 Å². The largest absolute Gasteiger partial charge is 0.495 e. The fraction of sp³-hybridized carbons (Fsp3) is 0.200. The van der Waals surface area contributed by atoms with Gasteiger partial charge in [-0.2, -0.15) is 0 Å². The Hall–Kier alpha value is -0.910. The van der Waals surface area contributed by atoms with E-state index in [1.807, 2.05) is 42.5 Å². The molecule has 3 N–H and O–H groups in total. The van der Waals surface area contributed by atoms with Gasteiger partial charge in [-0.05, 0) is 35.9 Å². The van der Waals surface area contributed by atoms with Crippen LogP contribution in [0.15, 0.2) is 47.4 Å². The summed E-state index contributed by atoms with van der Waals surface area (Å²) in [5, 5.41) is 1.31. The molecule has 0 aliphatic rings. The van der Waals surface area contributed by atoms with E-state index in [9.17, 15) is 0 Å². The summed E-state index contributed by atoms with van der Waals surface area (Å²) in [5.74, 6) is 7.07. The molecule has 0 fully saturated rings. The monoisotopic (exact) mass is 342 g/mol. The third-order valence-corrected chi connectivity index (χ3v) is 4.63. The van der Waals surface area contributed by atoms with Crippen molar-refractivity contribution in [1.82, 2.24) is 5.43 Å². The topological polar surface area (TPSA) is 47.3 Å². The fourth-order valence-corrected chi connectivity index (χ4v) is 3.35. The van der Waals surface area contributed by atoms with Gasteiger partial charge in [-0.15, -0.1) is 11.8 Å². The highest BCUT2D eigenvalue weighted by atomic mass is 35.5. The second kappa shape index (κ2) is 7.92. The Morgan fingerprint density at radius 3 is 2.71 bits per heavy atom. The van der Waals surface area contributed by atoms with E-state index in [4.69, 9.17) is 33.8 Å². The number of thioether (sulfide) groups is 1. The molecule has 0 heterocycles. The van der Waals surface area contributed by atoms with Crippen molar-refractivity contribution in [2.75, 3.05) is 12.9 Å². The summed E-state index contributed by atoms with van der Waals surface area (Å²) in [7, 11) is 1.59. The van der Waals surface area contributed by atoms with Crippen LogP contribution in [-0.4, -0.2) is 12.9 Å². The third-order valence-electron chi connectivity index (χ3n) is 2.99. The molecule has 112 valence electrons. The van der Waals surface area contributed by atoms with Gasteiger partial charge in [0.15, 0.2) is 0 Å². The molecule has 3 nitrogen and oxygen atoms in total. The van der Waals surface area contributed by atoms with Crippen LogP contribution in [0.4, 0.5) is 0 Å². The zero-order valence-electron chi connectivity index (χ0n) is 11.5. The molecule has 0 saturated heterocycles. The van der Waals surface area contributed by atoms with Gasteiger partial charge in [0.2, 0.25) is 0 Å². The van der Waals surface area contributed by atoms with E-state index < -0.39 is 0 Å².